The van der Waals surface area contributed by atoms with E-state index in [0.29, 0.717) is 12.3 Å². The molecule has 0 radical (unpaired) electrons. The molecule has 23 heavy (non-hydrogen) atoms. The molecule has 0 aromatic heterocycles. The van der Waals surface area contributed by atoms with Crippen LogP contribution in [0.2, 0.25) is 0 Å². The van der Waals surface area contributed by atoms with Crippen LogP contribution in [-0.2, 0) is 6.54 Å². The molecule has 0 aliphatic rings. The standard InChI is InChI=1S/C19H18BrNO2/c1-22-18-10-14(16(20)11-19(18)23-2)12-21-17-9-5-7-13-6-3-4-8-15(13)17/h3-11,21H,12H2,1-2H3. The molecule has 0 spiro atoms. The van der Waals surface area contributed by atoms with Gasteiger partial charge in [-0.1, -0.05) is 52.3 Å². The number of methoxy groups -OCH3 is 2. The summed E-state index contributed by atoms with van der Waals surface area (Å²) in [5.74, 6) is 1.44. The fourth-order valence-corrected chi connectivity index (χ4v) is 3.06. The average Bonchev–Trinajstić information content (AvgIpc) is 2.60. The molecule has 4 heteroatoms. The predicted octanol–water partition coefficient (Wildman–Crippen LogP) is 5.23. The summed E-state index contributed by atoms with van der Waals surface area (Å²) >= 11 is 3.60. The van der Waals surface area contributed by atoms with Crippen molar-refractivity contribution in [3.63, 3.8) is 0 Å². The minimum absolute atomic E-state index is 0.689. The number of halogens is 1. The number of hydrogen-bond acceptors (Lipinski definition) is 3. The van der Waals surface area contributed by atoms with Crippen LogP contribution < -0.4 is 14.8 Å². The summed E-state index contributed by atoms with van der Waals surface area (Å²) < 4.78 is 11.7. The van der Waals surface area contributed by atoms with Crippen LogP contribution in [-0.4, -0.2) is 14.2 Å². The van der Waals surface area contributed by atoms with Gasteiger partial charge in [0.15, 0.2) is 11.5 Å². The van der Waals surface area contributed by atoms with Crippen molar-refractivity contribution in [2.45, 2.75) is 6.54 Å². The summed E-state index contributed by atoms with van der Waals surface area (Å²) in [4.78, 5) is 0. The summed E-state index contributed by atoms with van der Waals surface area (Å²) in [5.41, 5.74) is 2.22. The van der Waals surface area contributed by atoms with Gasteiger partial charge < -0.3 is 14.8 Å². The Kier molecular flexibility index (Phi) is 4.72. The Morgan fingerprint density at radius 3 is 2.39 bits per heavy atom. The average molecular weight is 372 g/mol. The van der Waals surface area contributed by atoms with Gasteiger partial charge in [0.05, 0.1) is 14.2 Å². The smallest absolute Gasteiger partial charge is 0.161 e. The monoisotopic (exact) mass is 371 g/mol. The lowest BCUT2D eigenvalue weighted by atomic mass is 10.1. The molecule has 0 fully saturated rings. The van der Waals surface area contributed by atoms with Crippen LogP contribution >= 0.6 is 15.9 Å². The van der Waals surface area contributed by atoms with E-state index in [-0.39, 0.29) is 0 Å². The van der Waals surface area contributed by atoms with E-state index in [9.17, 15) is 0 Å². The molecule has 0 bridgehead atoms. The van der Waals surface area contributed by atoms with Crippen LogP contribution in [0.25, 0.3) is 10.8 Å². The first-order valence-electron chi connectivity index (χ1n) is 7.35. The molecule has 3 aromatic rings. The van der Waals surface area contributed by atoms with Crippen molar-refractivity contribution in [3.8, 4) is 11.5 Å². The Hall–Kier alpha value is -2.20. The topological polar surface area (TPSA) is 30.5 Å². The lowest BCUT2D eigenvalue weighted by molar-refractivity contribution is 0.354. The SMILES string of the molecule is COc1cc(Br)c(CNc2cccc3ccccc23)cc1OC. The third-order valence-electron chi connectivity index (χ3n) is 3.81. The van der Waals surface area contributed by atoms with E-state index in [4.69, 9.17) is 9.47 Å². The van der Waals surface area contributed by atoms with Crippen molar-refractivity contribution < 1.29 is 9.47 Å². The fraction of sp³-hybridized carbons (Fsp3) is 0.158. The lowest BCUT2D eigenvalue weighted by Gasteiger charge is -2.14. The molecular formula is C19H18BrNO2. The molecule has 3 nitrogen and oxygen atoms in total. The lowest BCUT2D eigenvalue weighted by Crippen LogP contribution is -2.02. The highest BCUT2D eigenvalue weighted by atomic mass is 79.9. The molecule has 0 saturated heterocycles. The van der Waals surface area contributed by atoms with Crippen molar-refractivity contribution in [2.24, 2.45) is 0 Å². The summed E-state index contributed by atoms with van der Waals surface area (Å²) in [6, 6.07) is 18.5. The number of rotatable bonds is 5. The molecule has 0 heterocycles. The van der Waals surface area contributed by atoms with Gasteiger partial charge in [-0.15, -0.1) is 0 Å². The van der Waals surface area contributed by atoms with Crippen LogP contribution in [0.15, 0.2) is 59.1 Å². The van der Waals surface area contributed by atoms with E-state index in [0.717, 1.165) is 21.5 Å². The third-order valence-corrected chi connectivity index (χ3v) is 4.55. The van der Waals surface area contributed by atoms with Gasteiger partial charge >= 0.3 is 0 Å². The highest BCUT2D eigenvalue weighted by molar-refractivity contribution is 9.10. The fourth-order valence-electron chi connectivity index (χ4n) is 2.60. The van der Waals surface area contributed by atoms with Gasteiger partial charge in [-0.2, -0.15) is 0 Å². The highest BCUT2D eigenvalue weighted by Crippen LogP contribution is 2.34. The van der Waals surface area contributed by atoms with Crippen LogP contribution in [0.5, 0.6) is 11.5 Å². The quantitative estimate of drug-likeness (QED) is 0.665. The summed E-state index contributed by atoms with van der Waals surface area (Å²) in [6.45, 7) is 0.689. The number of fused-ring (bicyclic) bond motifs is 1. The molecule has 1 N–H and O–H groups in total. The molecule has 0 amide bonds. The molecule has 118 valence electrons. The van der Waals surface area contributed by atoms with Gasteiger partial charge in [-0.05, 0) is 29.1 Å². The molecule has 0 aliphatic carbocycles. The molecule has 3 rings (SSSR count). The Labute approximate surface area is 144 Å². The maximum Gasteiger partial charge on any atom is 0.161 e. The van der Waals surface area contributed by atoms with E-state index in [2.05, 4.69) is 63.7 Å². The second-order valence-electron chi connectivity index (χ2n) is 5.18. The summed E-state index contributed by atoms with van der Waals surface area (Å²) in [5, 5.41) is 5.95. The van der Waals surface area contributed by atoms with Gasteiger partial charge in [0.1, 0.15) is 0 Å². The predicted molar refractivity (Wildman–Crippen MR) is 98.5 cm³/mol. The maximum absolute atomic E-state index is 5.38. The van der Waals surface area contributed by atoms with Crippen LogP contribution in [0.3, 0.4) is 0 Å². The normalized spacial score (nSPS) is 10.6. The van der Waals surface area contributed by atoms with Gasteiger partial charge in [0.25, 0.3) is 0 Å². The number of benzene rings is 3. The number of nitrogens with one attached hydrogen (secondary N) is 1. The summed E-state index contributed by atoms with van der Waals surface area (Å²) in [7, 11) is 3.28. The van der Waals surface area contributed by atoms with E-state index < -0.39 is 0 Å². The van der Waals surface area contributed by atoms with Crippen LogP contribution in [0.1, 0.15) is 5.56 Å². The molecule has 0 saturated carbocycles. The highest BCUT2D eigenvalue weighted by Gasteiger charge is 2.10. The van der Waals surface area contributed by atoms with Crippen molar-refractivity contribution in [1.82, 2.24) is 0 Å². The Balaban J connectivity index is 1.88. The molecular weight excluding hydrogens is 354 g/mol. The number of hydrogen-bond donors (Lipinski definition) is 1. The second-order valence-corrected chi connectivity index (χ2v) is 6.03. The molecule has 0 unspecified atom stereocenters. The zero-order valence-corrected chi connectivity index (χ0v) is 14.7. The largest absolute Gasteiger partial charge is 0.493 e. The number of anilines is 1. The van der Waals surface area contributed by atoms with Crippen molar-refractivity contribution in [3.05, 3.63) is 64.6 Å². The zero-order chi connectivity index (χ0) is 16.2. The van der Waals surface area contributed by atoms with E-state index in [1.54, 1.807) is 14.2 Å². The van der Waals surface area contributed by atoms with E-state index in [1.165, 1.54) is 10.8 Å². The van der Waals surface area contributed by atoms with Gasteiger partial charge in [0, 0.05) is 22.1 Å². The Morgan fingerprint density at radius 2 is 1.61 bits per heavy atom. The molecule has 0 atom stereocenters. The minimum atomic E-state index is 0.689. The van der Waals surface area contributed by atoms with Crippen LogP contribution in [0, 0.1) is 0 Å². The van der Waals surface area contributed by atoms with Gasteiger partial charge in [-0.3, -0.25) is 0 Å². The van der Waals surface area contributed by atoms with Crippen LogP contribution in [0.4, 0.5) is 5.69 Å². The maximum atomic E-state index is 5.38. The van der Waals surface area contributed by atoms with Gasteiger partial charge in [-0.25, -0.2) is 0 Å². The van der Waals surface area contributed by atoms with Gasteiger partial charge in [0.2, 0.25) is 0 Å². The summed E-state index contributed by atoms with van der Waals surface area (Å²) in [6.07, 6.45) is 0. The minimum Gasteiger partial charge on any atom is -0.493 e. The van der Waals surface area contributed by atoms with Crippen molar-refractivity contribution >= 4 is 32.4 Å². The van der Waals surface area contributed by atoms with Crippen molar-refractivity contribution in [2.75, 3.05) is 19.5 Å². The zero-order valence-electron chi connectivity index (χ0n) is 13.1. The Morgan fingerprint density at radius 1 is 0.913 bits per heavy atom. The first kappa shape index (κ1) is 15.7. The Bertz CT molecular complexity index is 827. The number of ether oxygens (including phenoxy) is 2. The van der Waals surface area contributed by atoms with E-state index in [1.807, 2.05) is 12.1 Å². The molecule has 3 aromatic carbocycles. The third kappa shape index (κ3) is 3.27. The molecule has 0 aliphatic heterocycles. The van der Waals surface area contributed by atoms with Crippen molar-refractivity contribution in [1.29, 1.82) is 0 Å². The first-order chi connectivity index (χ1) is 11.2. The second kappa shape index (κ2) is 6.92. The van der Waals surface area contributed by atoms with E-state index >= 15 is 0 Å². The first-order valence-corrected chi connectivity index (χ1v) is 8.14.